The molecular weight excluding hydrogens is 328 g/mol. The molecule has 70 valence electrons. The number of nitrogens with one attached hydrogen (secondary N) is 2. The third-order valence-corrected chi connectivity index (χ3v) is 1.46. The van der Waals surface area contributed by atoms with Crippen LogP contribution in [-0.4, -0.2) is 24.8 Å². The zero-order valence-electron chi connectivity index (χ0n) is 8.59. The van der Waals surface area contributed by atoms with Gasteiger partial charge >= 0.3 is 0 Å². The molecule has 5 heteroatoms. The van der Waals surface area contributed by atoms with Crippen LogP contribution in [0.3, 0.4) is 0 Å². The molecule has 2 N–H and O–H groups in total. The molecule has 0 fully saturated rings. The van der Waals surface area contributed by atoms with Crippen LogP contribution in [0.4, 0.5) is 0 Å². The van der Waals surface area contributed by atoms with Crippen molar-refractivity contribution in [3.63, 3.8) is 0 Å². The van der Waals surface area contributed by atoms with Gasteiger partial charge < -0.3 is 9.98 Å². The fraction of sp³-hybridized carbons (Fsp3) is 0.444. The second-order valence-corrected chi connectivity index (χ2v) is 2.80. The van der Waals surface area contributed by atoms with E-state index in [1.54, 1.807) is 0 Å². The first kappa shape index (κ1) is 17.4. The van der Waals surface area contributed by atoms with Crippen LogP contribution in [0.15, 0.2) is 16.8 Å². The Bertz CT molecular complexity index is 239. The molecule has 2 aliphatic heterocycles. The van der Waals surface area contributed by atoms with E-state index in [-0.39, 0.29) is 65.4 Å². The Labute approximate surface area is 135 Å². The Morgan fingerprint density at radius 2 is 2.07 bits per heavy atom. The van der Waals surface area contributed by atoms with E-state index >= 15 is 0 Å². The first-order valence-electron chi connectivity index (χ1n) is 3.94. The molecule has 2 rings (SSSR count). The number of hydrogen-bond acceptors (Lipinski definition) is 1. The number of allylic oxidation sites excluding steroid dienone is 1. The fourth-order valence-corrected chi connectivity index (χ4v) is 0.758. The number of rotatable bonds is 0. The third-order valence-electron chi connectivity index (χ3n) is 1.46. The van der Waals surface area contributed by atoms with Crippen LogP contribution in [-0.2, 0) is 65.4 Å². The van der Waals surface area contributed by atoms with Gasteiger partial charge in [-0.2, -0.15) is 0 Å². The molecule has 2 radical (unpaired) electrons. The Morgan fingerprint density at radius 3 is 2.21 bits per heavy atom. The third kappa shape index (κ3) is 8.28. The predicted octanol–water partition coefficient (Wildman–Crippen LogP) is -2.24. The molecule has 0 aromatic heterocycles. The Morgan fingerprint density at radius 1 is 1.36 bits per heavy atom. The summed E-state index contributed by atoms with van der Waals surface area (Å²) >= 11 is 0. The van der Waals surface area contributed by atoms with E-state index in [4.69, 9.17) is 0 Å². The molecule has 0 aromatic rings. The maximum atomic E-state index is 3.79. The molecule has 14 heavy (non-hydrogen) atoms. The normalized spacial score (nSPS) is 15.9. The zero-order valence-corrected chi connectivity index (χ0v) is 14.3. The largest absolute Gasteiger partial charge is 0.383 e. The smallest absolute Gasteiger partial charge is 0.169 e. The van der Waals surface area contributed by atoms with E-state index in [9.17, 15) is 0 Å². The minimum absolute atomic E-state index is 0. The van der Waals surface area contributed by atoms with E-state index in [0.717, 1.165) is 18.7 Å². The second kappa shape index (κ2) is 10.5. The average molecular weight is 341 g/mol. The fourth-order valence-electron chi connectivity index (χ4n) is 0.758. The molecular formula is C9H13N3Y2. The summed E-state index contributed by atoms with van der Waals surface area (Å²) in [5.74, 6) is 0. The van der Waals surface area contributed by atoms with Gasteiger partial charge in [-0.25, -0.2) is 4.99 Å². The summed E-state index contributed by atoms with van der Waals surface area (Å²) in [6, 6.07) is 0. The maximum Gasteiger partial charge on any atom is 0.169 e. The molecule has 2 heterocycles. The summed E-state index contributed by atoms with van der Waals surface area (Å²) < 4.78 is 0. The van der Waals surface area contributed by atoms with Gasteiger partial charge in [0.15, 0.2) is 6.34 Å². The van der Waals surface area contributed by atoms with Crippen LogP contribution in [0.25, 0.3) is 0 Å². The monoisotopic (exact) mass is 341 g/mol. The van der Waals surface area contributed by atoms with Crippen molar-refractivity contribution < 1.29 is 75.4 Å². The summed E-state index contributed by atoms with van der Waals surface area (Å²) in [7, 11) is 0. The van der Waals surface area contributed by atoms with Crippen molar-refractivity contribution >= 4 is 18.3 Å². The summed E-state index contributed by atoms with van der Waals surface area (Å²) in [4.78, 5) is 9.47. The van der Waals surface area contributed by atoms with Crippen molar-refractivity contribution in [3.8, 4) is 0 Å². The molecule has 0 saturated carbocycles. The van der Waals surface area contributed by atoms with Crippen LogP contribution in [0.5, 0.6) is 0 Å². The van der Waals surface area contributed by atoms with Crippen LogP contribution in [0.2, 0.25) is 0 Å². The summed E-state index contributed by atoms with van der Waals surface area (Å²) in [5, 5.41) is 0. The van der Waals surface area contributed by atoms with Crippen molar-refractivity contribution in [2.45, 2.75) is 20.3 Å². The SMILES string of the molecule is CC1=C[NH+]=[C-]C1.CC1=N[C-]=[NH+]C1.[Y].[Y]. The maximum absolute atomic E-state index is 3.79. The quantitative estimate of drug-likeness (QED) is 0.468. The Kier molecular flexibility index (Phi) is 13.0. The van der Waals surface area contributed by atoms with Crippen molar-refractivity contribution in [3.05, 3.63) is 11.8 Å². The summed E-state index contributed by atoms with van der Waals surface area (Å²) in [5.41, 5.74) is 2.46. The van der Waals surface area contributed by atoms with Gasteiger partial charge in [0.25, 0.3) is 0 Å². The van der Waals surface area contributed by atoms with E-state index in [0.29, 0.717) is 0 Å². The number of hydrogen-bond donors (Lipinski definition) is 2. The molecule has 0 unspecified atom stereocenters. The number of nitrogens with zero attached hydrogens (tertiary/aromatic N) is 1. The van der Waals surface area contributed by atoms with E-state index in [1.807, 2.05) is 13.1 Å². The second-order valence-electron chi connectivity index (χ2n) is 2.80. The minimum Gasteiger partial charge on any atom is -0.383 e. The molecule has 0 atom stereocenters. The average Bonchev–Trinajstić information content (AvgIpc) is 2.63. The zero-order chi connectivity index (χ0) is 8.81. The molecule has 0 aliphatic carbocycles. The van der Waals surface area contributed by atoms with E-state index < -0.39 is 0 Å². The van der Waals surface area contributed by atoms with E-state index in [1.165, 1.54) is 5.57 Å². The van der Waals surface area contributed by atoms with Crippen molar-refractivity contribution in [2.75, 3.05) is 6.54 Å². The van der Waals surface area contributed by atoms with Gasteiger partial charge in [0.1, 0.15) is 0 Å². The topological polar surface area (TPSA) is 40.3 Å². The predicted molar refractivity (Wildman–Crippen MR) is 48.3 cm³/mol. The van der Waals surface area contributed by atoms with Gasteiger partial charge in [-0.3, -0.25) is 0 Å². The first-order valence-corrected chi connectivity index (χ1v) is 3.94. The van der Waals surface area contributed by atoms with Gasteiger partial charge in [-0.15, -0.1) is 5.57 Å². The van der Waals surface area contributed by atoms with Crippen molar-refractivity contribution in [1.82, 2.24) is 0 Å². The molecule has 0 bridgehead atoms. The van der Waals surface area contributed by atoms with Crippen LogP contribution in [0.1, 0.15) is 20.3 Å². The molecule has 2 aliphatic rings. The van der Waals surface area contributed by atoms with Gasteiger partial charge in [0, 0.05) is 83.5 Å². The number of aliphatic imine (C=N–C) groups is 1. The molecule has 3 nitrogen and oxygen atoms in total. The van der Waals surface area contributed by atoms with Crippen molar-refractivity contribution in [2.24, 2.45) is 4.99 Å². The summed E-state index contributed by atoms with van der Waals surface area (Å²) in [6.07, 6.45) is 8.48. The molecule has 0 spiro atoms. The molecule has 0 aromatic carbocycles. The minimum atomic E-state index is 0. The van der Waals surface area contributed by atoms with Gasteiger partial charge in [0.2, 0.25) is 0 Å². The van der Waals surface area contributed by atoms with Crippen LogP contribution < -0.4 is 9.98 Å². The van der Waals surface area contributed by atoms with Crippen LogP contribution in [0, 0.1) is 0 Å². The molecule has 0 amide bonds. The first-order chi connectivity index (χ1) is 5.79. The van der Waals surface area contributed by atoms with Gasteiger partial charge in [0.05, 0.1) is 6.54 Å². The van der Waals surface area contributed by atoms with Crippen LogP contribution >= 0.6 is 0 Å². The Balaban J connectivity index is 0. The standard InChI is InChI=1S/C5H7N.C4H6N2.2Y/c1-5-2-3-6-4-5;1-4-2-5-3-6-4;;/h4,6H,2H2,1H3;5H,2H2,1H3;;. The molecule has 0 saturated heterocycles. The summed E-state index contributed by atoms with van der Waals surface area (Å²) in [6.45, 7) is 4.92. The van der Waals surface area contributed by atoms with Crippen molar-refractivity contribution in [1.29, 1.82) is 0 Å². The van der Waals surface area contributed by atoms with E-state index in [2.05, 4.69) is 34.5 Å². The van der Waals surface area contributed by atoms with Gasteiger partial charge in [-0.05, 0) is 6.42 Å². The van der Waals surface area contributed by atoms with Gasteiger partial charge in [-0.1, -0.05) is 13.8 Å². The Hall–Kier alpha value is 0.958.